The van der Waals surface area contributed by atoms with Gasteiger partial charge in [0.15, 0.2) is 11.2 Å². The van der Waals surface area contributed by atoms with E-state index in [9.17, 15) is 18.8 Å². The number of methoxy groups -OCH3 is 1. The second kappa shape index (κ2) is 8.89. The molecule has 7 nitrogen and oxygen atoms in total. The van der Waals surface area contributed by atoms with Gasteiger partial charge in [0.25, 0.3) is 11.8 Å². The topological polar surface area (TPSA) is 88.9 Å². The van der Waals surface area contributed by atoms with Gasteiger partial charge in [0, 0.05) is 31.8 Å². The van der Waals surface area contributed by atoms with Crippen LogP contribution in [0.1, 0.15) is 39.5 Å². The number of piperidine rings is 1. The first-order valence-corrected chi connectivity index (χ1v) is 9.41. The van der Waals surface area contributed by atoms with Crippen LogP contribution in [0.15, 0.2) is 39.5 Å². The van der Waals surface area contributed by atoms with Gasteiger partial charge in [-0.05, 0) is 37.8 Å². The van der Waals surface area contributed by atoms with Gasteiger partial charge in [-0.3, -0.25) is 14.4 Å². The van der Waals surface area contributed by atoms with Crippen LogP contribution in [0.25, 0.3) is 0 Å². The van der Waals surface area contributed by atoms with Gasteiger partial charge in [-0.2, -0.15) is 0 Å². The smallest absolute Gasteiger partial charge is 0.289 e. The van der Waals surface area contributed by atoms with Gasteiger partial charge in [0.1, 0.15) is 22.9 Å². The molecule has 1 saturated heterocycles. The molecule has 2 aromatic rings. The summed E-state index contributed by atoms with van der Waals surface area (Å²) in [6, 6.07) is 6.75. The molecule has 0 radical (unpaired) electrons. The van der Waals surface area contributed by atoms with Gasteiger partial charge in [-0.1, -0.05) is 6.07 Å². The van der Waals surface area contributed by atoms with E-state index in [1.807, 2.05) is 0 Å². The normalized spacial score (nSPS) is 14.5. The molecular formula is C21H23FN2O5. The summed E-state index contributed by atoms with van der Waals surface area (Å²) in [6.07, 6.45) is 1.35. The van der Waals surface area contributed by atoms with E-state index in [1.54, 1.807) is 11.8 Å². The van der Waals surface area contributed by atoms with Gasteiger partial charge in [0.2, 0.25) is 0 Å². The highest BCUT2D eigenvalue weighted by atomic mass is 19.1. The fraction of sp³-hybridized carbons (Fsp3) is 0.381. The molecule has 0 saturated carbocycles. The van der Waals surface area contributed by atoms with Crippen LogP contribution in [0.2, 0.25) is 0 Å². The van der Waals surface area contributed by atoms with Crippen LogP contribution in [0, 0.1) is 18.7 Å². The fourth-order valence-electron chi connectivity index (χ4n) is 3.43. The lowest BCUT2D eigenvalue weighted by Crippen LogP contribution is -2.41. The SMILES string of the molecule is COc1cccc(F)c1C(=O)NCC1CCN(C(=O)c2cc(=O)cc(C)o2)CC1. The molecule has 0 aliphatic carbocycles. The summed E-state index contributed by atoms with van der Waals surface area (Å²) in [5, 5.41) is 2.75. The fourth-order valence-corrected chi connectivity index (χ4v) is 3.43. The van der Waals surface area contributed by atoms with E-state index in [2.05, 4.69) is 5.32 Å². The average Bonchev–Trinajstić information content (AvgIpc) is 2.71. The van der Waals surface area contributed by atoms with Crippen molar-refractivity contribution in [3.05, 3.63) is 63.5 Å². The zero-order valence-electron chi connectivity index (χ0n) is 16.4. The number of halogens is 1. The quantitative estimate of drug-likeness (QED) is 0.830. The van der Waals surface area contributed by atoms with E-state index in [1.165, 1.54) is 37.4 Å². The third kappa shape index (κ3) is 4.82. The monoisotopic (exact) mass is 402 g/mol. The molecule has 3 rings (SSSR count). The molecule has 1 aliphatic heterocycles. The highest BCUT2D eigenvalue weighted by Crippen LogP contribution is 2.22. The zero-order chi connectivity index (χ0) is 21.0. The third-order valence-corrected chi connectivity index (χ3v) is 4.98. The molecular weight excluding hydrogens is 379 g/mol. The summed E-state index contributed by atoms with van der Waals surface area (Å²) in [5.74, 6) is -0.713. The Bertz CT molecular complexity index is 964. The maximum absolute atomic E-state index is 14.0. The number of carbonyl (C=O) groups is 2. The van der Waals surface area contributed by atoms with Crippen LogP contribution in [0.3, 0.4) is 0 Å². The van der Waals surface area contributed by atoms with Crippen LogP contribution in [0.5, 0.6) is 5.75 Å². The van der Waals surface area contributed by atoms with Crippen molar-refractivity contribution in [3.8, 4) is 5.75 Å². The number of benzene rings is 1. The van der Waals surface area contributed by atoms with Crippen molar-refractivity contribution in [2.75, 3.05) is 26.7 Å². The Labute approximate surface area is 167 Å². The standard InChI is InChI=1S/C21H23FN2O5/c1-13-10-15(25)11-18(29-13)21(27)24-8-6-14(7-9-24)12-23-20(26)19-16(22)4-3-5-17(19)28-2/h3-5,10-11,14H,6-9,12H2,1-2H3,(H,23,26). The summed E-state index contributed by atoms with van der Waals surface area (Å²) in [6.45, 7) is 2.97. The zero-order valence-corrected chi connectivity index (χ0v) is 16.4. The summed E-state index contributed by atoms with van der Waals surface area (Å²) < 4.78 is 24.4. The molecule has 0 atom stereocenters. The highest BCUT2D eigenvalue weighted by Gasteiger charge is 2.26. The van der Waals surface area contributed by atoms with Crippen LogP contribution in [-0.2, 0) is 0 Å². The Morgan fingerprint density at radius 1 is 1.28 bits per heavy atom. The minimum atomic E-state index is -0.637. The van der Waals surface area contributed by atoms with Crippen molar-refractivity contribution in [2.45, 2.75) is 19.8 Å². The minimum Gasteiger partial charge on any atom is -0.496 e. The lowest BCUT2D eigenvalue weighted by atomic mass is 9.96. The van der Waals surface area contributed by atoms with E-state index < -0.39 is 11.7 Å². The number of carbonyl (C=O) groups excluding carboxylic acids is 2. The number of ether oxygens (including phenoxy) is 1. The molecule has 29 heavy (non-hydrogen) atoms. The number of hydrogen-bond donors (Lipinski definition) is 1. The molecule has 1 fully saturated rings. The second-order valence-electron chi connectivity index (χ2n) is 7.03. The number of likely N-dealkylation sites (tertiary alicyclic amines) is 1. The van der Waals surface area contributed by atoms with Crippen LogP contribution in [-0.4, -0.2) is 43.5 Å². The number of aryl methyl sites for hydroxylation is 1. The Kier molecular flexibility index (Phi) is 6.31. The van der Waals surface area contributed by atoms with Gasteiger partial charge in [-0.25, -0.2) is 4.39 Å². The van der Waals surface area contributed by atoms with Gasteiger partial charge in [0.05, 0.1) is 7.11 Å². The molecule has 1 aromatic carbocycles. The maximum Gasteiger partial charge on any atom is 0.289 e. The lowest BCUT2D eigenvalue weighted by molar-refractivity contribution is 0.0648. The van der Waals surface area contributed by atoms with Crippen molar-refractivity contribution in [2.24, 2.45) is 5.92 Å². The lowest BCUT2D eigenvalue weighted by Gasteiger charge is -2.31. The predicted molar refractivity (Wildman–Crippen MR) is 104 cm³/mol. The highest BCUT2D eigenvalue weighted by molar-refractivity contribution is 5.97. The van der Waals surface area contributed by atoms with Gasteiger partial charge in [-0.15, -0.1) is 0 Å². The Hall–Kier alpha value is -3.16. The van der Waals surface area contributed by atoms with E-state index in [4.69, 9.17) is 9.15 Å². The Morgan fingerprint density at radius 2 is 2.00 bits per heavy atom. The summed E-state index contributed by atoms with van der Waals surface area (Å²) >= 11 is 0. The number of nitrogens with one attached hydrogen (secondary N) is 1. The molecule has 1 N–H and O–H groups in total. The van der Waals surface area contributed by atoms with E-state index in [0.29, 0.717) is 38.2 Å². The number of amides is 2. The number of nitrogens with zero attached hydrogens (tertiary/aromatic N) is 1. The van der Waals surface area contributed by atoms with Crippen LogP contribution >= 0.6 is 0 Å². The Balaban J connectivity index is 1.54. The first kappa shape index (κ1) is 20.6. The second-order valence-corrected chi connectivity index (χ2v) is 7.03. The van der Waals surface area contributed by atoms with Crippen molar-refractivity contribution in [1.29, 1.82) is 0 Å². The summed E-state index contributed by atoms with van der Waals surface area (Å²) in [4.78, 5) is 38.1. The average molecular weight is 402 g/mol. The summed E-state index contributed by atoms with van der Waals surface area (Å²) in [5.41, 5.74) is -0.379. The van der Waals surface area contributed by atoms with Crippen molar-refractivity contribution in [1.82, 2.24) is 10.2 Å². The third-order valence-electron chi connectivity index (χ3n) is 4.98. The Morgan fingerprint density at radius 3 is 2.66 bits per heavy atom. The maximum atomic E-state index is 14.0. The molecule has 2 heterocycles. The van der Waals surface area contributed by atoms with E-state index >= 15 is 0 Å². The van der Waals surface area contributed by atoms with Crippen LogP contribution < -0.4 is 15.5 Å². The van der Waals surface area contributed by atoms with Crippen LogP contribution in [0.4, 0.5) is 4.39 Å². The van der Waals surface area contributed by atoms with Crippen molar-refractivity contribution in [3.63, 3.8) is 0 Å². The molecule has 1 aliphatic rings. The van der Waals surface area contributed by atoms with Gasteiger partial charge >= 0.3 is 0 Å². The minimum absolute atomic E-state index is 0.0356. The number of rotatable bonds is 5. The summed E-state index contributed by atoms with van der Waals surface area (Å²) in [7, 11) is 1.38. The van der Waals surface area contributed by atoms with Crippen molar-refractivity contribution >= 4 is 11.8 Å². The molecule has 0 bridgehead atoms. The van der Waals surface area contributed by atoms with Gasteiger partial charge < -0.3 is 19.4 Å². The molecule has 2 amide bonds. The van der Waals surface area contributed by atoms with E-state index in [-0.39, 0.29) is 34.3 Å². The molecule has 1 aromatic heterocycles. The largest absolute Gasteiger partial charge is 0.496 e. The first-order chi connectivity index (χ1) is 13.9. The number of hydrogen-bond acceptors (Lipinski definition) is 5. The first-order valence-electron chi connectivity index (χ1n) is 9.41. The molecule has 0 unspecified atom stereocenters. The van der Waals surface area contributed by atoms with E-state index in [0.717, 1.165) is 0 Å². The predicted octanol–water partition coefficient (Wildman–Crippen LogP) is 2.38. The molecule has 8 heteroatoms. The molecule has 154 valence electrons. The molecule has 0 spiro atoms. The van der Waals surface area contributed by atoms with Crippen molar-refractivity contribution < 1.29 is 23.1 Å².